The number of carbonyl (C=O) groups excluding carboxylic acids is 1. The molecule has 5 heteroatoms. The van der Waals surface area contributed by atoms with Gasteiger partial charge < -0.3 is 5.32 Å². The van der Waals surface area contributed by atoms with Crippen LogP contribution in [0.1, 0.15) is 16.0 Å². The highest BCUT2D eigenvalue weighted by atomic mass is 32.2. The van der Waals surface area contributed by atoms with E-state index in [9.17, 15) is 4.79 Å². The van der Waals surface area contributed by atoms with Crippen LogP contribution in [-0.2, 0) is 11.3 Å². The summed E-state index contributed by atoms with van der Waals surface area (Å²) >= 11 is 3.54. The summed E-state index contributed by atoms with van der Waals surface area (Å²) < 4.78 is 1.31. The Morgan fingerprint density at radius 3 is 2.50 bits per heavy atom. The van der Waals surface area contributed by atoms with Gasteiger partial charge in [0.05, 0.1) is 10.8 Å². The van der Waals surface area contributed by atoms with Crippen LogP contribution in [0, 0.1) is 13.8 Å². The van der Waals surface area contributed by atoms with E-state index in [0.29, 0.717) is 6.54 Å². The van der Waals surface area contributed by atoms with Crippen LogP contribution in [0.15, 0.2) is 34.5 Å². The Kier molecular flexibility index (Phi) is 6.06. The van der Waals surface area contributed by atoms with Gasteiger partial charge in [-0.2, -0.15) is 0 Å². The van der Waals surface area contributed by atoms with E-state index in [2.05, 4.69) is 23.7 Å². The van der Waals surface area contributed by atoms with Crippen LogP contribution in [0.4, 0.5) is 5.69 Å². The van der Waals surface area contributed by atoms with Gasteiger partial charge in [0.1, 0.15) is 0 Å². The number of aryl methyl sites for hydroxylation is 2. The van der Waals surface area contributed by atoms with Crippen molar-refractivity contribution in [1.29, 1.82) is 0 Å². The SMILES string of the molecule is CSc1ccc(CN(C)CC(=O)Nc2c(C)cccc2C)s1. The smallest absolute Gasteiger partial charge is 0.238 e. The van der Waals surface area contributed by atoms with E-state index < -0.39 is 0 Å². The van der Waals surface area contributed by atoms with Gasteiger partial charge in [-0.25, -0.2) is 0 Å². The third kappa shape index (κ3) is 4.60. The van der Waals surface area contributed by atoms with Crippen LogP contribution in [0.3, 0.4) is 0 Å². The molecule has 0 aliphatic rings. The van der Waals surface area contributed by atoms with E-state index in [0.717, 1.165) is 23.4 Å². The molecule has 1 aromatic heterocycles. The standard InChI is InChI=1S/C17H22N2OS2/c1-12-6-5-7-13(2)17(12)18-15(20)11-19(3)10-14-8-9-16(21-4)22-14/h5-9H,10-11H2,1-4H3,(H,18,20). The number of thioether (sulfide) groups is 1. The van der Waals surface area contributed by atoms with Crippen molar-refractivity contribution in [2.75, 3.05) is 25.2 Å². The maximum Gasteiger partial charge on any atom is 0.238 e. The number of para-hydroxylation sites is 1. The fraction of sp³-hybridized carbons (Fsp3) is 0.353. The first-order valence-electron chi connectivity index (χ1n) is 7.17. The average molecular weight is 335 g/mol. The van der Waals surface area contributed by atoms with Crippen LogP contribution in [-0.4, -0.2) is 30.7 Å². The zero-order valence-electron chi connectivity index (χ0n) is 13.5. The largest absolute Gasteiger partial charge is 0.324 e. The van der Waals surface area contributed by atoms with Crippen LogP contribution in [0.2, 0.25) is 0 Å². The first kappa shape index (κ1) is 17.1. The van der Waals surface area contributed by atoms with Crippen molar-refractivity contribution in [3.63, 3.8) is 0 Å². The zero-order valence-corrected chi connectivity index (χ0v) is 15.1. The molecular formula is C17H22N2OS2. The number of thiophene rings is 1. The molecule has 2 rings (SSSR count). The van der Waals surface area contributed by atoms with Crippen molar-refractivity contribution in [3.8, 4) is 0 Å². The van der Waals surface area contributed by atoms with Gasteiger partial charge in [0.15, 0.2) is 0 Å². The van der Waals surface area contributed by atoms with E-state index in [1.54, 1.807) is 23.1 Å². The number of amides is 1. The minimum absolute atomic E-state index is 0.0292. The number of hydrogen-bond donors (Lipinski definition) is 1. The molecule has 2 aromatic rings. The van der Waals surface area contributed by atoms with Crippen LogP contribution < -0.4 is 5.32 Å². The third-order valence-electron chi connectivity index (χ3n) is 3.42. The van der Waals surface area contributed by atoms with Gasteiger partial charge >= 0.3 is 0 Å². The van der Waals surface area contributed by atoms with Crippen molar-refractivity contribution < 1.29 is 4.79 Å². The Hall–Kier alpha value is -1.30. The highest BCUT2D eigenvalue weighted by molar-refractivity contribution is 8.00. The molecule has 0 radical (unpaired) electrons. The molecule has 0 atom stereocenters. The van der Waals surface area contributed by atoms with Gasteiger partial charge in [-0.05, 0) is 50.4 Å². The quantitative estimate of drug-likeness (QED) is 0.805. The normalized spacial score (nSPS) is 11.0. The molecule has 1 amide bonds. The highest BCUT2D eigenvalue weighted by Crippen LogP contribution is 2.26. The Bertz CT molecular complexity index is 632. The lowest BCUT2D eigenvalue weighted by atomic mass is 10.1. The molecule has 0 aliphatic carbocycles. The summed E-state index contributed by atoms with van der Waals surface area (Å²) in [4.78, 5) is 15.5. The number of likely N-dealkylation sites (N-methyl/N-ethyl adjacent to an activating group) is 1. The minimum atomic E-state index is 0.0292. The number of nitrogens with one attached hydrogen (secondary N) is 1. The molecule has 0 fully saturated rings. The number of carbonyl (C=O) groups is 1. The second kappa shape index (κ2) is 7.81. The lowest BCUT2D eigenvalue weighted by Crippen LogP contribution is -2.30. The van der Waals surface area contributed by atoms with E-state index in [4.69, 9.17) is 0 Å². The van der Waals surface area contributed by atoms with Gasteiger partial charge in [-0.3, -0.25) is 9.69 Å². The number of anilines is 1. The predicted molar refractivity (Wildman–Crippen MR) is 97.0 cm³/mol. The first-order chi connectivity index (χ1) is 10.5. The number of hydrogen-bond acceptors (Lipinski definition) is 4. The van der Waals surface area contributed by atoms with Crippen molar-refractivity contribution >= 4 is 34.7 Å². The zero-order chi connectivity index (χ0) is 16.1. The minimum Gasteiger partial charge on any atom is -0.324 e. The van der Waals surface area contributed by atoms with Gasteiger partial charge in [-0.1, -0.05) is 18.2 Å². The summed E-state index contributed by atoms with van der Waals surface area (Å²) in [6.45, 7) is 5.22. The van der Waals surface area contributed by atoms with Gasteiger partial charge in [0.25, 0.3) is 0 Å². The fourth-order valence-electron chi connectivity index (χ4n) is 2.31. The third-order valence-corrected chi connectivity index (χ3v) is 5.58. The van der Waals surface area contributed by atoms with Crippen molar-refractivity contribution in [1.82, 2.24) is 4.90 Å². The van der Waals surface area contributed by atoms with Crippen molar-refractivity contribution in [2.24, 2.45) is 0 Å². The maximum absolute atomic E-state index is 12.2. The number of rotatable bonds is 6. The monoisotopic (exact) mass is 334 g/mol. The van der Waals surface area contributed by atoms with Crippen LogP contribution in [0.25, 0.3) is 0 Å². The topological polar surface area (TPSA) is 32.3 Å². The molecule has 0 aliphatic heterocycles. The first-order valence-corrected chi connectivity index (χ1v) is 9.21. The van der Waals surface area contributed by atoms with E-state index in [1.807, 2.05) is 44.0 Å². The van der Waals surface area contributed by atoms with Crippen LogP contribution >= 0.6 is 23.1 Å². The van der Waals surface area contributed by atoms with Crippen molar-refractivity contribution in [2.45, 2.75) is 24.6 Å². The Labute approximate surface area is 140 Å². The van der Waals surface area contributed by atoms with Crippen molar-refractivity contribution in [3.05, 3.63) is 46.3 Å². The molecular weight excluding hydrogens is 312 g/mol. The highest BCUT2D eigenvalue weighted by Gasteiger charge is 2.11. The summed E-state index contributed by atoms with van der Waals surface area (Å²) in [5.74, 6) is 0.0292. The number of benzene rings is 1. The molecule has 1 N–H and O–H groups in total. The molecule has 0 unspecified atom stereocenters. The molecule has 0 saturated carbocycles. The fourth-order valence-corrected chi connectivity index (χ4v) is 3.98. The van der Waals surface area contributed by atoms with E-state index >= 15 is 0 Å². The molecule has 0 spiro atoms. The number of nitrogens with zero attached hydrogens (tertiary/aromatic N) is 1. The average Bonchev–Trinajstić information content (AvgIpc) is 2.90. The van der Waals surface area contributed by atoms with Gasteiger partial charge in [0, 0.05) is 17.1 Å². The molecule has 0 bridgehead atoms. The summed E-state index contributed by atoms with van der Waals surface area (Å²) in [5, 5.41) is 3.03. The van der Waals surface area contributed by atoms with Gasteiger partial charge in [0.2, 0.25) is 5.91 Å². The van der Waals surface area contributed by atoms with E-state index in [-0.39, 0.29) is 5.91 Å². The maximum atomic E-state index is 12.2. The summed E-state index contributed by atoms with van der Waals surface area (Å²) in [6.07, 6.45) is 2.08. The molecule has 22 heavy (non-hydrogen) atoms. The Morgan fingerprint density at radius 1 is 1.23 bits per heavy atom. The summed E-state index contributed by atoms with van der Waals surface area (Å²) in [6, 6.07) is 10.3. The molecule has 3 nitrogen and oxygen atoms in total. The molecule has 118 valence electrons. The van der Waals surface area contributed by atoms with Gasteiger partial charge in [-0.15, -0.1) is 23.1 Å². The second-order valence-electron chi connectivity index (χ2n) is 5.41. The van der Waals surface area contributed by atoms with E-state index in [1.165, 1.54) is 9.09 Å². The summed E-state index contributed by atoms with van der Waals surface area (Å²) in [5.41, 5.74) is 3.12. The lowest BCUT2D eigenvalue weighted by molar-refractivity contribution is -0.117. The second-order valence-corrected chi connectivity index (χ2v) is 7.69. The molecule has 1 aromatic carbocycles. The Morgan fingerprint density at radius 2 is 1.91 bits per heavy atom. The summed E-state index contributed by atoms with van der Waals surface area (Å²) in [7, 11) is 1.97. The predicted octanol–water partition coefficient (Wildman–Crippen LogP) is 4.16. The lowest BCUT2D eigenvalue weighted by Gasteiger charge is -2.17. The Balaban J connectivity index is 1.91. The van der Waals surface area contributed by atoms with Crippen LogP contribution in [0.5, 0.6) is 0 Å². The molecule has 0 saturated heterocycles. The molecule has 1 heterocycles.